The summed E-state index contributed by atoms with van der Waals surface area (Å²) in [7, 11) is 0. The number of amides is 1. The maximum absolute atomic E-state index is 13.8. The summed E-state index contributed by atoms with van der Waals surface area (Å²) < 4.78 is 40.6. The minimum Gasteiger partial charge on any atom is -0.340 e. The van der Waals surface area contributed by atoms with E-state index in [4.69, 9.17) is 4.98 Å². The first-order chi connectivity index (χ1) is 16.9. The fraction of sp³-hybridized carbons (Fsp3) is 0.308. The first-order valence-corrected chi connectivity index (χ1v) is 11.5. The molecular weight excluding hydrogens is 469 g/mol. The third kappa shape index (κ3) is 4.27. The normalized spacial score (nSPS) is 16.8. The molecule has 1 atom stereocenters. The van der Waals surface area contributed by atoms with Gasteiger partial charge < -0.3 is 9.88 Å². The number of likely N-dealkylation sites (tertiary alicyclic amines) is 1. The number of nitrogens with one attached hydrogen (secondary N) is 1. The quantitative estimate of drug-likeness (QED) is 0.376. The zero-order valence-corrected chi connectivity index (χ0v) is 20.1. The largest absolute Gasteiger partial charge is 0.416 e. The average Bonchev–Trinajstić information content (AvgIpc) is 3.55. The van der Waals surface area contributed by atoms with Crippen LogP contribution >= 0.6 is 0 Å². The molecule has 0 bridgehead atoms. The highest BCUT2D eigenvalue weighted by molar-refractivity contribution is 5.98. The van der Waals surface area contributed by atoms with E-state index in [1.165, 1.54) is 23.4 Å². The molecule has 0 saturated carbocycles. The number of benzene rings is 2. The number of aromatic amines is 1. The van der Waals surface area contributed by atoms with E-state index in [9.17, 15) is 18.0 Å². The molecule has 4 aromatic rings. The molecule has 0 radical (unpaired) electrons. The Bertz CT molecular complexity index is 1460. The van der Waals surface area contributed by atoms with Gasteiger partial charge in [-0.15, -0.1) is 0 Å². The SMILES string of the molecule is C=C1C[C@@H](c2nc3ccc(C(C)(C)C)cc3[nH]2)N(C(=O)c2cc(C(F)(F)F)ccc2-n2nccn2)C1. The second kappa shape index (κ2) is 8.32. The van der Waals surface area contributed by atoms with Crippen molar-refractivity contribution in [1.82, 2.24) is 29.9 Å². The molecule has 2 aromatic heterocycles. The average molecular weight is 495 g/mol. The van der Waals surface area contributed by atoms with Crippen LogP contribution in [0.2, 0.25) is 0 Å². The zero-order chi connectivity index (χ0) is 25.8. The number of fused-ring (bicyclic) bond motifs is 1. The van der Waals surface area contributed by atoms with Gasteiger partial charge in [-0.1, -0.05) is 39.0 Å². The summed E-state index contributed by atoms with van der Waals surface area (Å²) in [6, 6.07) is 8.48. The van der Waals surface area contributed by atoms with Gasteiger partial charge >= 0.3 is 6.18 Å². The number of aromatic nitrogens is 5. The lowest BCUT2D eigenvalue weighted by Crippen LogP contribution is -2.32. The van der Waals surface area contributed by atoms with Crippen LogP contribution in [0.25, 0.3) is 16.7 Å². The first kappa shape index (κ1) is 23.8. The Kier molecular flexibility index (Phi) is 5.50. The molecule has 1 N–H and O–H groups in total. The van der Waals surface area contributed by atoms with Gasteiger partial charge in [-0.05, 0) is 47.7 Å². The van der Waals surface area contributed by atoms with E-state index in [-0.39, 0.29) is 23.2 Å². The fourth-order valence-electron chi connectivity index (χ4n) is 4.46. The van der Waals surface area contributed by atoms with Crippen molar-refractivity contribution in [3.63, 3.8) is 0 Å². The minimum atomic E-state index is -4.61. The fourth-order valence-corrected chi connectivity index (χ4v) is 4.46. The van der Waals surface area contributed by atoms with Crippen LogP contribution in [0.1, 0.15) is 60.5 Å². The second-order valence-electron chi connectivity index (χ2n) is 10.1. The van der Waals surface area contributed by atoms with E-state index in [2.05, 4.69) is 42.5 Å². The number of carbonyl (C=O) groups is 1. The number of alkyl halides is 3. The van der Waals surface area contributed by atoms with E-state index >= 15 is 0 Å². The molecule has 0 unspecified atom stereocenters. The van der Waals surface area contributed by atoms with Gasteiger partial charge in [0, 0.05) is 6.54 Å². The molecule has 0 aliphatic carbocycles. The number of nitrogens with zero attached hydrogens (tertiary/aromatic N) is 5. The number of halogens is 3. The van der Waals surface area contributed by atoms with Crippen LogP contribution in [-0.4, -0.2) is 42.3 Å². The summed E-state index contributed by atoms with van der Waals surface area (Å²) in [6.45, 7) is 10.6. The van der Waals surface area contributed by atoms with Gasteiger partial charge in [-0.2, -0.15) is 28.2 Å². The lowest BCUT2D eigenvalue weighted by atomic mass is 9.87. The summed E-state index contributed by atoms with van der Waals surface area (Å²) in [4.78, 5) is 24.5. The van der Waals surface area contributed by atoms with Gasteiger partial charge in [0.2, 0.25) is 0 Å². The van der Waals surface area contributed by atoms with Crippen molar-refractivity contribution in [3.8, 4) is 5.69 Å². The number of imidazole rings is 1. The third-order valence-corrected chi connectivity index (χ3v) is 6.38. The maximum Gasteiger partial charge on any atom is 0.416 e. The number of rotatable bonds is 3. The molecule has 36 heavy (non-hydrogen) atoms. The summed E-state index contributed by atoms with van der Waals surface area (Å²) in [5.74, 6) is -0.0123. The Morgan fingerprint density at radius 2 is 1.75 bits per heavy atom. The summed E-state index contributed by atoms with van der Waals surface area (Å²) in [5, 5.41) is 8.03. The Morgan fingerprint density at radius 3 is 2.42 bits per heavy atom. The van der Waals surface area contributed by atoms with Crippen LogP contribution in [0.5, 0.6) is 0 Å². The molecule has 1 fully saturated rings. The number of carbonyl (C=O) groups excluding carboxylic acids is 1. The summed E-state index contributed by atoms with van der Waals surface area (Å²) in [6.07, 6.45) is -1.37. The van der Waals surface area contributed by atoms with Gasteiger partial charge in [0.15, 0.2) is 0 Å². The molecule has 2 aromatic carbocycles. The van der Waals surface area contributed by atoms with Crippen molar-refractivity contribution >= 4 is 16.9 Å². The van der Waals surface area contributed by atoms with Crippen LogP contribution in [0.3, 0.4) is 0 Å². The molecule has 1 aliphatic heterocycles. The Balaban J connectivity index is 1.56. The van der Waals surface area contributed by atoms with Crippen molar-refractivity contribution in [2.24, 2.45) is 0 Å². The molecule has 3 heterocycles. The van der Waals surface area contributed by atoms with Crippen molar-refractivity contribution in [3.05, 3.63) is 83.5 Å². The summed E-state index contributed by atoms with van der Waals surface area (Å²) in [5.41, 5.74) is 2.55. The zero-order valence-electron chi connectivity index (χ0n) is 20.1. The number of hydrogen-bond donors (Lipinski definition) is 1. The van der Waals surface area contributed by atoms with Crippen LogP contribution in [0.4, 0.5) is 13.2 Å². The number of H-pyrrole nitrogens is 1. The van der Waals surface area contributed by atoms with E-state index < -0.39 is 23.7 Å². The van der Waals surface area contributed by atoms with Crippen molar-refractivity contribution < 1.29 is 18.0 Å². The monoisotopic (exact) mass is 494 g/mol. The molecular formula is C26H25F3N6O. The molecule has 0 spiro atoms. The highest BCUT2D eigenvalue weighted by atomic mass is 19.4. The van der Waals surface area contributed by atoms with E-state index in [0.29, 0.717) is 12.2 Å². The Hall–Kier alpha value is -3.95. The Labute approximate surface area is 205 Å². The van der Waals surface area contributed by atoms with Gasteiger partial charge in [0.05, 0.1) is 46.3 Å². The molecule has 1 aliphatic rings. The maximum atomic E-state index is 13.8. The van der Waals surface area contributed by atoms with Crippen LogP contribution in [-0.2, 0) is 11.6 Å². The van der Waals surface area contributed by atoms with Gasteiger partial charge in [-0.25, -0.2) is 4.98 Å². The highest BCUT2D eigenvalue weighted by Gasteiger charge is 2.38. The van der Waals surface area contributed by atoms with E-state index in [1.54, 1.807) is 0 Å². The molecule has 5 rings (SSSR count). The summed E-state index contributed by atoms with van der Waals surface area (Å²) >= 11 is 0. The lowest BCUT2D eigenvalue weighted by Gasteiger charge is -2.24. The predicted molar refractivity (Wildman–Crippen MR) is 129 cm³/mol. The van der Waals surface area contributed by atoms with Crippen molar-refractivity contribution in [2.75, 3.05) is 6.54 Å². The molecule has 10 heteroatoms. The van der Waals surface area contributed by atoms with Gasteiger partial charge in [-0.3, -0.25) is 4.79 Å². The standard InChI is InChI=1S/C26H25F3N6O/c1-15-11-22(23-32-19-7-5-16(25(2,3)4)13-20(19)33-23)34(14-15)24(36)18-12-17(26(27,28)29)6-8-21(18)35-30-9-10-31-35/h5-10,12-13,22H,1,11,14H2,2-4H3,(H,32,33)/t22-/m0/s1. The third-order valence-electron chi connectivity index (χ3n) is 6.38. The Morgan fingerprint density at radius 1 is 1.06 bits per heavy atom. The van der Waals surface area contributed by atoms with Crippen LogP contribution < -0.4 is 0 Å². The molecule has 1 saturated heterocycles. The topological polar surface area (TPSA) is 79.7 Å². The molecule has 7 nitrogen and oxygen atoms in total. The lowest BCUT2D eigenvalue weighted by molar-refractivity contribution is -0.137. The molecule has 186 valence electrons. The smallest absolute Gasteiger partial charge is 0.340 e. The number of hydrogen-bond acceptors (Lipinski definition) is 4. The van der Waals surface area contributed by atoms with Crippen LogP contribution in [0.15, 0.2) is 60.9 Å². The minimum absolute atomic E-state index is 0.0520. The first-order valence-electron chi connectivity index (χ1n) is 11.5. The van der Waals surface area contributed by atoms with Crippen molar-refractivity contribution in [1.29, 1.82) is 0 Å². The van der Waals surface area contributed by atoms with Gasteiger partial charge in [0.25, 0.3) is 5.91 Å². The van der Waals surface area contributed by atoms with E-state index in [0.717, 1.165) is 39.1 Å². The second-order valence-corrected chi connectivity index (χ2v) is 10.1. The highest BCUT2D eigenvalue weighted by Crippen LogP contribution is 2.38. The van der Waals surface area contributed by atoms with Crippen LogP contribution in [0, 0.1) is 0 Å². The predicted octanol–water partition coefficient (Wildman–Crippen LogP) is 5.60. The van der Waals surface area contributed by atoms with Gasteiger partial charge in [0.1, 0.15) is 5.82 Å². The van der Waals surface area contributed by atoms with E-state index in [1.807, 2.05) is 18.2 Å². The molecule has 1 amide bonds. The van der Waals surface area contributed by atoms with Crippen molar-refractivity contribution in [2.45, 2.75) is 44.8 Å².